The SMILES string of the molecule is COc1ccc(-n2c(C(C)C)cc(/C=C(\C#N)S(=O)(=O)c3ccccc3)c2C)cc1. The van der Waals surface area contributed by atoms with Crippen molar-refractivity contribution in [1.82, 2.24) is 4.57 Å². The highest BCUT2D eigenvalue weighted by Gasteiger charge is 2.22. The van der Waals surface area contributed by atoms with Crippen LogP contribution < -0.4 is 4.74 Å². The van der Waals surface area contributed by atoms with Gasteiger partial charge < -0.3 is 9.30 Å². The third-order valence-corrected chi connectivity index (χ3v) is 6.66. The zero-order valence-corrected chi connectivity index (χ0v) is 18.3. The lowest BCUT2D eigenvalue weighted by atomic mass is 10.1. The molecule has 0 amide bonds. The maximum atomic E-state index is 12.9. The van der Waals surface area contributed by atoms with Crippen LogP contribution in [0.3, 0.4) is 0 Å². The Morgan fingerprint density at radius 1 is 1.10 bits per heavy atom. The molecule has 3 aromatic rings. The number of allylic oxidation sites excluding steroid dienone is 1. The first-order chi connectivity index (χ1) is 14.3. The topological polar surface area (TPSA) is 72.1 Å². The Balaban J connectivity index is 2.15. The van der Waals surface area contributed by atoms with Gasteiger partial charge in [-0.15, -0.1) is 0 Å². The highest BCUT2D eigenvalue weighted by molar-refractivity contribution is 7.95. The van der Waals surface area contributed by atoms with Crippen LogP contribution in [0.4, 0.5) is 0 Å². The Hall–Kier alpha value is -3.30. The van der Waals surface area contributed by atoms with Crippen LogP contribution >= 0.6 is 0 Å². The van der Waals surface area contributed by atoms with E-state index in [2.05, 4.69) is 18.4 Å². The average molecular weight is 421 g/mol. The monoisotopic (exact) mass is 420 g/mol. The molecule has 2 aromatic carbocycles. The molecule has 0 N–H and O–H groups in total. The van der Waals surface area contributed by atoms with Crippen LogP contribution in [0.1, 0.15) is 36.7 Å². The summed E-state index contributed by atoms with van der Waals surface area (Å²) in [5, 5.41) is 9.62. The highest BCUT2D eigenvalue weighted by Crippen LogP contribution is 2.30. The summed E-state index contributed by atoms with van der Waals surface area (Å²) >= 11 is 0. The summed E-state index contributed by atoms with van der Waals surface area (Å²) in [6, 6.07) is 19.5. The van der Waals surface area contributed by atoms with Crippen molar-refractivity contribution in [3.63, 3.8) is 0 Å². The molecule has 0 saturated carbocycles. The van der Waals surface area contributed by atoms with Crippen molar-refractivity contribution in [2.75, 3.05) is 7.11 Å². The molecule has 5 nitrogen and oxygen atoms in total. The summed E-state index contributed by atoms with van der Waals surface area (Å²) < 4.78 is 33.2. The molecule has 0 radical (unpaired) electrons. The van der Waals surface area contributed by atoms with Crippen molar-refractivity contribution in [2.24, 2.45) is 0 Å². The predicted molar refractivity (Wildman–Crippen MR) is 118 cm³/mol. The van der Waals surface area contributed by atoms with E-state index in [9.17, 15) is 13.7 Å². The van der Waals surface area contributed by atoms with Gasteiger partial charge in [0.25, 0.3) is 0 Å². The van der Waals surface area contributed by atoms with Crippen LogP contribution in [0, 0.1) is 18.3 Å². The average Bonchev–Trinajstić information content (AvgIpc) is 3.09. The first-order valence-corrected chi connectivity index (χ1v) is 11.1. The summed E-state index contributed by atoms with van der Waals surface area (Å²) in [6.45, 7) is 6.08. The summed E-state index contributed by atoms with van der Waals surface area (Å²) in [6.07, 6.45) is 1.46. The molecule has 1 heterocycles. The lowest BCUT2D eigenvalue weighted by Gasteiger charge is -2.14. The second-order valence-corrected chi connectivity index (χ2v) is 9.15. The first-order valence-electron chi connectivity index (χ1n) is 9.58. The van der Waals surface area contributed by atoms with E-state index in [0.717, 1.165) is 22.8 Å². The molecule has 0 spiro atoms. The van der Waals surface area contributed by atoms with Gasteiger partial charge in [-0.05, 0) is 66.9 Å². The number of nitrogens with zero attached hydrogens (tertiary/aromatic N) is 2. The molecular formula is C24H24N2O3S. The largest absolute Gasteiger partial charge is 0.497 e. The molecule has 6 heteroatoms. The fraction of sp³-hybridized carbons (Fsp3) is 0.208. The second kappa shape index (κ2) is 8.60. The maximum absolute atomic E-state index is 12.9. The Kier molecular flexibility index (Phi) is 6.14. The highest BCUT2D eigenvalue weighted by atomic mass is 32.2. The van der Waals surface area contributed by atoms with Crippen LogP contribution in [0.2, 0.25) is 0 Å². The predicted octanol–water partition coefficient (Wildman–Crippen LogP) is 5.26. The van der Waals surface area contributed by atoms with Gasteiger partial charge in [-0.3, -0.25) is 0 Å². The minimum atomic E-state index is -3.89. The Morgan fingerprint density at radius 3 is 2.27 bits per heavy atom. The van der Waals surface area contributed by atoms with E-state index in [4.69, 9.17) is 4.74 Å². The van der Waals surface area contributed by atoms with Gasteiger partial charge >= 0.3 is 0 Å². The zero-order chi connectivity index (χ0) is 21.9. The van der Waals surface area contributed by atoms with E-state index in [1.807, 2.05) is 43.3 Å². The van der Waals surface area contributed by atoms with Gasteiger partial charge in [-0.2, -0.15) is 5.26 Å². The number of benzene rings is 2. The third-order valence-electron chi connectivity index (χ3n) is 4.98. The van der Waals surface area contributed by atoms with Crippen molar-refractivity contribution in [2.45, 2.75) is 31.6 Å². The van der Waals surface area contributed by atoms with E-state index in [1.54, 1.807) is 25.3 Å². The van der Waals surface area contributed by atoms with Crippen LogP contribution in [-0.2, 0) is 9.84 Å². The van der Waals surface area contributed by atoms with E-state index < -0.39 is 9.84 Å². The number of nitriles is 1. The lowest BCUT2D eigenvalue weighted by molar-refractivity contribution is 0.414. The quantitative estimate of drug-likeness (QED) is 0.510. The summed E-state index contributed by atoms with van der Waals surface area (Å²) in [5.41, 5.74) is 3.53. The summed E-state index contributed by atoms with van der Waals surface area (Å²) in [4.78, 5) is -0.173. The smallest absolute Gasteiger partial charge is 0.216 e. The van der Waals surface area contributed by atoms with Crippen molar-refractivity contribution in [1.29, 1.82) is 5.26 Å². The fourth-order valence-corrected chi connectivity index (χ4v) is 4.51. The normalized spacial score (nSPS) is 12.1. The van der Waals surface area contributed by atoms with Gasteiger partial charge in [0, 0.05) is 17.1 Å². The Bertz CT molecular complexity index is 1210. The Morgan fingerprint density at radius 2 is 1.73 bits per heavy atom. The molecule has 0 bridgehead atoms. The molecule has 0 fully saturated rings. The maximum Gasteiger partial charge on any atom is 0.216 e. The molecular weight excluding hydrogens is 396 g/mol. The standard InChI is InChI=1S/C24H24N2O3S/c1-17(2)24-15-19(18(3)26(24)20-10-12-21(29-4)13-11-20)14-23(16-25)30(27,28)22-8-6-5-7-9-22/h5-15,17H,1-4H3/b23-14+. The summed E-state index contributed by atoms with van der Waals surface area (Å²) in [7, 11) is -2.27. The van der Waals surface area contributed by atoms with E-state index in [1.165, 1.54) is 18.2 Å². The van der Waals surface area contributed by atoms with Crippen molar-refractivity contribution in [3.8, 4) is 17.5 Å². The van der Waals surface area contributed by atoms with Gasteiger partial charge in [0.1, 0.15) is 16.7 Å². The van der Waals surface area contributed by atoms with E-state index in [0.29, 0.717) is 5.56 Å². The molecule has 3 rings (SSSR count). The second-order valence-electron chi connectivity index (χ2n) is 7.23. The van der Waals surface area contributed by atoms with E-state index >= 15 is 0 Å². The number of hydrogen-bond donors (Lipinski definition) is 0. The van der Waals surface area contributed by atoms with Crippen LogP contribution in [0.15, 0.2) is 70.5 Å². The first kappa shape index (κ1) is 21.4. The molecule has 0 atom stereocenters. The Labute approximate surface area is 177 Å². The molecule has 0 aliphatic carbocycles. The van der Waals surface area contributed by atoms with Crippen molar-refractivity contribution in [3.05, 3.63) is 82.5 Å². The molecule has 0 saturated heterocycles. The molecule has 30 heavy (non-hydrogen) atoms. The molecule has 154 valence electrons. The van der Waals surface area contributed by atoms with Crippen molar-refractivity contribution < 1.29 is 13.2 Å². The molecule has 0 aliphatic rings. The van der Waals surface area contributed by atoms with E-state index in [-0.39, 0.29) is 15.7 Å². The van der Waals surface area contributed by atoms with Gasteiger partial charge in [0.05, 0.1) is 12.0 Å². The van der Waals surface area contributed by atoms with Gasteiger partial charge in [-0.1, -0.05) is 32.0 Å². The fourth-order valence-electron chi connectivity index (χ4n) is 3.33. The lowest BCUT2D eigenvalue weighted by Crippen LogP contribution is -2.04. The number of methoxy groups -OCH3 is 1. The third kappa shape index (κ3) is 4.03. The number of hydrogen-bond acceptors (Lipinski definition) is 4. The van der Waals surface area contributed by atoms with Gasteiger partial charge in [-0.25, -0.2) is 8.42 Å². The number of ether oxygens (including phenoxy) is 1. The van der Waals surface area contributed by atoms with Crippen LogP contribution in [0.25, 0.3) is 11.8 Å². The molecule has 0 unspecified atom stereocenters. The van der Waals surface area contributed by atoms with Crippen molar-refractivity contribution >= 4 is 15.9 Å². The molecule has 1 aromatic heterocycles. The zero-order valence-electron chi connectivity index (χ0n) is 17.5. The van der Waals surface area contributed by atoms with Crippen LogP contribution in [0.5, 0.6) is 5.75 Å². The number of sulfone groups is 1. The summed E-state index contributed by atoms with van der Waals surface area (Å²) in [5.74, 6) is 0.958. The van der Waals surface area contributed by atoms with Gasteiger partial charge in [0.15, 0.2) is 0 Å². The molecule has 0 aliphatic heterocycles. The number of aromatic nitrogens is 1. The number of rotatable bonds is 6. The minimum Gasteiger partial charge on any atom is -0.497 e. The van der Waals surface area contributed by atoms with Crippen LogP contribution in [-0.4, -0.2) is 20.1 Å². The van der Waals surface area contributed by atoms with Gasteiger partial charge in [0.2, 0.25) is 9.84 Å². The minimum absolute atomic E-state index is 0.106.